The average molecular weight is 412 g/mol. The van der Waals surface area contributed by atoms with Crippen molar-refractivity contribution in [3.8, 4) is 28.6 Å². The highest BCUT2D eigenvalue weighted by Gasteiger charge is 2.21. The van der Waals surface area contributed by atoms with Crippen molar-refractivity contribution in [2.24, 2.45) is 5.92 Å². The number of likely N-dealkylation sites (tertiary alicyclic amines) is 1. The van der Waals surface area contributed by atoms with E-state index in [0.29, 0.717) is 34.0 Å². The molecule has 7 heteroatoms. The maximum absolute atomic E-state index is 12.5. The number of hydrogen-bond donors (Lipinski definition) is 0. The predicted octanol–water partition coefficient (Wildman–Crippen LogP) is 4.69. The van der Waals surface area contributed by atoms with Gasteiger partial charge < -0.3 is 14.2 Å². The molecule has 1 aliphatic rings. The van der Waals surface area contributed by atoms with Gasteiger partial charge in [0.05, 0.1) is 5.56 Å². The number of aromatic nitrogens is 2. The lowest BCUT2D eigenvalue weighted by Gasteiger charge is -2.30. The quantitative estimate of drug-likeness (QED) is 0.609. The van der Waals surface area contributed by atoms with Gasteiger partial charge in [-0.05, 0) is 55.2 Å². The van der Waals surface area contributed by atoms with Crippen molar-refractivity contribution >= 4 is 17.5 Å². The largest absolute Gasteiger partial charge is 0.483 e. The van der Waals surface area contributed by atoms with E-state index in [9.17, 15) is 4.79 Å². The van der Waals surface area contributed by atoms with Gasteiger partial charge in [-0.2, -0.15) is 4.98 Å². The number of benzene rings is 2. The summed E-state index contributed by atoms with van der Waals surface area (Å²) in [5.41, 5.74) is 1.46. The molecule has 0 aliphatic carbocycles. The van der Waals surface area contributed by atoms with Crippen molar-refractivity contribution in [3.05, 3.63) is 53.6 Å². The number of nitrogens with zero attached hydrogens (tertiary/aromatic N) is 3. The molecule has 0 unspecified atom stereocenters. The van der Waals surface area contributed by atoms with Crippen molar-refractivity contribution in [3.63, 3.8) is 0 Å². The Hall–Kier alpha value is -2.86. The first-order valence-corrected chi connectivity index (χ1v) is 10.1. The lowest BCUT2D eigenvalue weighted by Crippen LogP contribution is -2.40. The molecule has 1 amide bonds. The summed E-state index contributed by atoms with van der Waals surface area (Å²) >= 11 is 5.93. The van der Waals surface area contributed by atoms with Crippen molar-refractivity contribution < 1.29 is 14.1 Å². The van der Waals surface area contributed by atoms with E-state index in [0.717, 1.165) is 31.5 Å². The fourth-order valence-corrected chi connectivity index (χ4v) is 3.43. The molecule has 0 radical (unpaired) electrons. The number of halogens is 1. The van der Waals surface area contributed by atoms with Crippen molar-refractivity contribution in [2.75, 3.05) is 19.7 Å². The number of piperidine rings is 1. The van der Waals surface area contributed by atoms with Gasteiger partial charge in [0.15, 0.2) is 6.61 Å². The summed E-state index contributed by atoms with van der Waals surface area (Å²) in [6, 6.07) is 14.6. The fraction of sp³-hybridized carbons (Fsp3) is 0.318. The Bertz CT molecular complexity index is 979. The SMILES string of the molecule is CC1CCN(C(=O)COc2ccccc2-c2noc(-c3ccc(Cl)cc3)n2)CC1. The smallest absolute Gasteiger partial charge is 0.260 e. The zero-order chi connectivity index (χ0) is 20.2. The third-order valence-corrected chi connectivity index (χ3v) is 5.38. The number of carbonyl (C=O) groups is 1. The number of amides is 1. The topological polar surface area (TPSA) is 68.5 Å². The predicted molar refractivity (Wildman–Crippen MR) is 111 cm³/mol. The van der Waals surface area contributed by atoms with Gasteiger partial charge >= 0.3 is 0 Å². The fourth-order valence-electron chi connectivity index (χ4n) is 3.31. The van der Waals surface area contributed by atoms with Crippen LogP contribution in [0.2, 0.25) is 5.02 Å². The van der Waals surface area contributed by atoms with Gasteiger partial charge in [-0.3, -0.25) is 4.79 Å². The molecule has 150 valence electrons. The van der Waals surface area contributed by atoms with Crippen LogP contribution in [0.5, 0.6) is 5.75 Å². The third-order valence-electron chi connectivity index (χ3n) is 5.13. The van der Waals surface area contributed by atoms with E-state index in [-0.39, 0.29) is 12.5 Å². The summed E-state index contributed by atoms with van der Waals surface area (Å²) in [5.74, 6) is 2.03. The molecular weight excluding hydrogens is 390 g/mol. The Morgan fingerprint density at radius 1 is 1.17 bits per heavy atom. The molecule has 1 aliphatic heterocycles. The molecular formula is C22H22ClN3O3. The molecule has 4 rings (SSSR count). The van der Waals surface area contributed by atoms with Crippen LogP contribution in [-0.4, -0.2) is 40.6 Å². The third kappa shape index (κ3) is 4.59. The minimum atomic E-state index is -0.00666. The van der Waals surface area contributed by atoms with Crippen LogP contribution in [0.4, 0.5) is 0 Å². The lowest BCUT2D eigenvalue weighted by molar-refractivity contribution is -0.134. The molecule has 1 saturated heterocycles. The summed E-state index contributed by atoms with van der Waals surface area (Å²) in [7, 11) is 0. The second-order valence-corrected chi connectivity index (χ2v) is 7.71. The highest BCUT2D eigenvalue weighted by Crippen LogP contribution is 2.30. The molecule has 0 atom stereocenters. The van der Waals surface area contributed by atoms with Crippen LogP contribution in [0.25, 0.3) is 22.8 Å². The number of ether oxygens (including phenoxy) is 1. The second-order valence-electron chi connectivity index (χ2n) is 7.28. The van der Waals surface area contributed by atoms with Gasteiger partial charge in [0.25, 0.3) is 11.8 Å². The number of hydrogen-bond acceptors (Lipinski definition) is 5. The molecule has 29 heavy (non-hydrogen) atoms. The normalized spacial score (nSPS) is 14.8. The minimum absolute atomic E-state index is 0.00154. The standard InChI is InChI=1S/C22H22ClN3O3/c1-15-10-12-26(13-11-15)20(27)14-28-19-5-3-2-4-18(19)21-24-22(29-25-21)16-6-8-17(23)9-7-16/h2-9,15H,10-14H2,1H3. The molecule has 1 aromatic heterocycles. The molecule has 2 aromatic carbocycles. The Balaban J connectivity index is 1.47. The molecule has 0 spiro atoms. The summed E-state index contributed by atoms with van der Waals surface area (Å²) in [5, 5.41) is 4.72. The van der Waals surface area contributed by atoms with Gasteiger partial charge in [0.2, 0.25) is 5.82 Å². The second kappa shape index (κ2) is 8.66. The number of rotatable bonds is 5. The van der Waals surface area contributed by atoms with Gasteiger partial charge in [0.1, 0.15) is 5.75 Å². The first-order valence-electron chi connectivity index (χ1n) is 9.70. The van der Waals surface area contributed by atoms with E-state index in [1.54, 1.807) is 18.2 Å². The van der Waals surface area contributed by atoms with E-state index < -0.39 is 0 Å². The monoisotopic (exact) mass is 411 g/mol. The van der Waals surface area contributed by atoms with E-state index in [1.165, 1.54) is 0 Å². The Morgan fingerprint density at radius 2 is 1.90 bits per heavy atom. The Morgan fingerprint density at radius 3 is 2.66 bits per heavy atom. The van der Waals surface area contributed by atoms with Gasteiger partial charge in [-0.1, -0.05) is 35.8 Å². The van der Waals surface area contributed by atoms with Crippen molar-refractivity contribution in [1.29, 1.82) is 0 Å². The van der Waals surface area contributed by atoms with E-state index in [4.69, 9.17) is 20.9 Å². The molecule has 0 saturated carbocycles. The molecule has 0 N–H and O–H groups in total. The summed E-state index contributed by atoms with van der Waals surface area (Å²) in [4.78, 5) is 18.8. The van der Waals surface area contributed by atoms with Crippen LogP contribution in [0.15, 0.2) is 53.1 Å². The lowest BCUT2D eigenvalue weighted by atomic mass is 9.99. The van der Waals surface area contributed by atoms with E-state index >= 15 is 0 Å². The summed E-state index contributed by atoms with van der Waals surface area (Å²) in [6.45, 7) is 3.80. The Kier molecular flexibility index (Phi) is 5.81. The highest BCUT2D eigenvalue weighted by atomic mass is 35.5. The highest BCUT2D eigenvalue weighted by molar-refractivity contribution is 6.30. The average Bonchev–Trinajstić information content (AvgIpc) is 3.23. The van der Waals surface area contributed by atoms with Gasteiger partial charge in [-0.25, -0.2) is 0 Å². The van der Waals surface area contributed by atoms with Crippen molar-refractivity contribution in [1.82, 2.24) is 15.0 Å². The summed E-state index contributed by atoms with van der Waals surface area (Å²) < 4.78 is 11.2. The van der Waals surface area contributed by atoms with Crippen LogP contribution in [-0.2, 0) is 4.79 Å². The van der Waals surface area contributed by atoms with Gasteiger partial charge in [0, 0.05) is 23.7 Å². The van der Waals surface area contributed by atoms with E-state index in [1.807, 2.05) is 35.2 Å². The number of para-hydroxylation sites is 1. The van der Waals surface area contributed by atoms with Crippen molar-refractivity contribution in [2.45, 2.75) is 19.8 Å². The van der Waals surface area contributed by atoms with Crippen LogP contribution in [0, 0.1) is 5.92 Å². The van der Waals surface area contributed by atoms with Crippen LogP contribution in [0.3, 0.4) is 0 Å². The molecule has 0 bridgehead atoms. The molecule has 3 aromatic rings. The molecule has 2 heterocycles. The van der Waals surface area contributed by atoms with Gasteiger partial charge in [-0.15, -0.1) is 0 Å². The zero-order valence-electron chi connectivity index (χ0n) is 16.2. The summed E-state index contributed by atoms with van der Waals surface area (Å²) in [6.07, 6.45) is 2.08. The van der Waals surface area contributed by atoms with Crippen LogP contribution < -0.4 is 4.74 Å². The first kappa shape index (κ1) is 19.5. The Labute approximate surface area is 174 Å². The first-order chi connectivity index (χ1) is 14.1. The van der Waals surface area contributed by atoms with E-state index in [2.05, 4.69) is 17.1 Å². The zero-order valence-corrected chi connectivity index (χ0v) is 16.9. The number of carbonyl (C=O) groups excluding carboxylic acids is 1. The molecule has 1 fully saturated rings. The maximum Gasteiger partial charge on any atom is 0.260 e. The van der Waals surface area contributed by atoms with Crippen LogP contribution >= 0.6 is 11.6 Å². The maximum atomic E-state index is 12.5. The minimum Gasteiger partial charge on any atom is -0.483 e. The van der Waals surface area contributed by atoms with Crippen LogP contribution in [0.1, 0.15) is 19.8 Å². The molecule has 6 nitrogen and oxygen atoms in total.